The average Bonchev–Trinajstić information content (AvgIpc) is 2.98. The summed E-state index contributed by atoms with van der Waals surface area (Å²) in [6.07, 6.45) is 0. The van der Waals surface area contributed by atoms with E-state index in [1.807, 2.05) is 43.0 Å². The predicted molar refractivity (Wildman–Crippen MR) is 98.2 cm³/mol. The number of carbonyl (C=O) groups excluding carboxylic acids is 1. The van der Waals surface area contributed by atoms with Crippen molar-refractivity contribution in [2.75, 3.05) is 6.54 Å². The van der Waals surface area contributed by atoms with E-state index in [0.29, 0.717) is 24.0 Å². The molecule has 0 aliphatic rings. The number of halogens is 1. The van der Waals surface area contributed by atoms with Crippen molar-refractivity contribution in [1.82, 2.24) is 4.90 Å². The fraction of sp³-hybridized carbons (Fsp3) is 0.421. The molecule has 0 aliphatic carbocycles. The van der Waals surface area contributed by atoms with E-state index < -0.39 is 0 Å². The van der Waals surface area contributed by atoms with Crippen molar-refractivity contribution < 1.29 is 13.9 Å². The van der Waals surface area contributed by atoms with Crippen LogP contribution in [-0.4, -0.2) is 23.4 Å². The minimum Gasteiger partial charge on any atom is -0.486 e. The summed E-state index contributed by atoms with van der Waals surface area (Å²) in [6, 6.07) is 11.2. The van der Waals surface area contributed by atoms with Crippen molar-refractivity contribution >= 4 is 21.8 Å². The molecule has 0 N–H and O–H groups in total. The van der Waals surface area contributed by atoms with Gasteiger partial charge in [0.15, 0.2) is 5.76 Å². The first-order chi connectivity index (χ1) is 11.4. The van der Waals surface area contributed by atoms with Crippen LogP contribution >= 0.6 is 15.9 Å². The van der Waals surface area contributed by atoms with E-state index in [9.17, 15) is 4.79 Å². The van der Waals surface area contributed by atoms with Crippen LogP contribution in [0.15, 0.2) is 45.3 Å². The molecule has 1 amide bonds. The second-order valence-electron chi connectivity index (χ2n) is 6.46. The largest absolute Gasteiger partial charge is 0.486 e. The van der Waals surface area contributed by atoms with Gasteiger partial charge in [0.25, 0.3) is 5.91 Å². The van der Waals surface area contributed by atoms with E-state index >= 15 is 0 Å². The molecule has 0 spiro atoms. The zero-order chi connectivity index (χ0) is 17.7. The van der Waals surface area contributed by atoms with Crippen LogP contribution in [0.5, 0.6) is 5.75 Å². The van der Waals surface area contributed by atoms with E-state index in [-0.39, 0.29) is 18.6 Å². The number of hydrogen-bond acceptors (Lipinski definition) is 3. The third-order valence-corrected chi connectivity index (χ3v) is 3.99. The zero-order valence-electron chi connectivity index (χ0n) is 14.6. The zero-order valence-corrected chi connectivity index (χ0v) is 16.2. The summed E-state index contributed by atoms with van der Waals surface area (Å²) in [5, 5.41) is 0. The molecule has 0 saturated heterocycles. The topological polar surface area (TPSA) is 42.7 Å². The number of nitrogens with zero attached hydrogens (tertiary/aromatic N) is 1. The van der Waals surface area contributed by atoms with Crippen LogP contribution in [0.3, 0.4) is 0 Å². The summed E-state index contributed by atoms with van der Waals surface area (Å²) in [5.41, 5.74) is 0. The molecule has 0 unspecified atom stereocenters. The van der Waals surface area contributed by atoms with Crippen LogP contribution in [-0.2, 0) is 6.61 Å². The average molecular weight is 394 g/mol. The highest BCUT2D eigenvalue weighted by molar-refractivity contribution is 9.10. The third kappa shape index (κ3) is 5.13. The van der Waals surface area contributed by atoms with Gasteiger partial charge in [-0.25, -0.2) is 0 Å². The van der Waals surface area contributed by atoms with Gasteiger partial charge < -0.3 is 14.1 Å². The molecule has 0 fully saturated rings. The predicted octanol–water partition coefficient (Wildman–Crippen LogP) is 5.13. The van der Waals surface area contributed by atoms with E-state index in [1.165, 1.54) is 0 Å². The lowest BCUT2D eigenvalue weighted by molar-refractivity contribution is 0.0645. The maximum absolute atomic E-state index is 12.6. The third-order valence-electron chi connectivity index (χ3n) is 3.50. The van der Waals surface area contributed by atoms with E-state index in [0.717, 1.165) is 10.2 Å². The molecule has 1 aromatic carbocycles. The summed E-state index contributed by atoms with van der Waals surface area (Å²) in [6.45, 7) is 9.22. The second-order valence-corrected chi connectivity index (χ2v) is 7.37. The summed E-state index contributed by atoms with van der Waals surface area (Å²) in [5.74, 6) is 2.07. The molecule has 0 radical (unpaired) electrons. The van der Waals surface area contributed by atoms with Crippen LogP contribution in [0.2, 0.25) is 0 Å². The lowest BCUT2D eigenvalue weighted by Crippen LogP contribution is -2.39. The van der Waals surface area contributed by atoms with E-state index in [1.54, 1.807) is 12.1 Å². The molecule has 130 valence electrons. The number of amides is 1. The van der Waals surface area contributed by atoms with E-state index in [4.69, 9.17) is 9.15 Å². The first kappa shape index (κ1) is 18.6. The second kappa shape index (κ2) is 8.38. The molecule has 0 atom stereocenters. The minimum absolute atomic E-state index is 0.0765. The van der Waals surface area contributed by atoms with Gasteiger partial charge in [-0.05, 0) is 50.1 Å². The maximum Gasteiger partial charge on any atom is 0.289 e. The van der Waals surface area contributed by atoms with Gasteiger partial charge in [0.1, 0.15) is 18.1 Å². The molecule has 24 heavy (non-hydrogen) atoms. The molecule has 5 heteroatoms. The highest BCUT2D eigenvalue weighted by atomic mass is 79.9. The van der Waals surface area contributed by atoms with Crippen LogP contribution in [0.25, 0.3) is 0 Å². The smallest absolute Gasteiger partial charge is 0.289 e. The van der Waals surface area contributed by atoms with Gasteiger partial charge in [-0.15, -0.1) is 0 Å². The fourth-order valence-electron chi connectivity index (χ4n) is 2.34. The standard InChI is InChI=1S/C19H24BrNO3/c1-13(2)11-21(14(3)4)19(22)18-9-8-17(24-18)12-23-16-7-5-6-15(20)10-16/h5-10,13-14H,11-12H2,1-4H3. The van der Waals surface area contributed by atoms with Crippen molar-refractivity contribution in [3.05, 3.63) is 52.4 Å². The van der Waals surface area contributed by atoms with Gasteiger partial charge in [0.05, 0.1) is 0 Å². The molecule has 0 aliphatic heterocycles. The Labute approximate surface area is 151 Å². The lowest BCUT2D eigenvalue weighted by Gasteiger charge is -2.27. The summed E-state index contributed by atoms with van der Waals surface area (Å²) in [4.78, 5) is 14.5. The Hall–Kier alpha value is -1.75. The Bertz CT molecular complexity index is 679. The number of rotatable bonds is 7. The monoisotopic (exact) mass is 393 g/mol. The first-order valence-electron chi connectivity index (χ1n) is 8.15. The van der Waals surface area contributed by atoms with E-state index in [2.05, 4.69) is 29.8 Å². The molecular formula is C19H24BrNO3. The van der Waals surface area contributed by atoms with Crippen LogP contribution in [0.1, 0.15) is 44.0 Å². The molecule has 1 heterocycles. The molecule has 0 saturated carbocycles. The fourth-order valence-corrected chi connectivity index (χ4v) is 2.72. The Kier molecular flexibility index (Phi) is 6.49. The number of ether oxygens (including phenoxy) is 1. The van der Waals surface area contributed by atoms with Gasteiger partial charge in [-0.1, -0.05) is 35.8 Å². The lowest BCUT2D eigenvalue weighted by atomic mass is 10.1. The van der Waals surface area contributed by atoms with Crippen molar-refractivity contribution in [2.45, 2.75) is 40.3 Å². The number of hydrogen-bond donors (Lipinski definition) is 0. The highest BCUT2D eigenvalue weighted by Crippen LogP contribution is 2.20. The molecule has 4 nitrogen and oxygen atoms in total. The SMILES string of the molecule is CC(C)CN(C(=O)c1ccc(COc2cccc(Br)c2)o1)C(C)C. The Morgan fingerprint density at radius 3 is 2.58 bits per heavy atom. The quantitative estimate of drug-likeness (QED) is 0.654. The Morgan fingerprint density at radius 2 is 1.96 bits per heavy atom. The van der Waals surface area contributed by atoms with Gasteiger partial charge >= 0.3 is 0 Å². The van der Waals surface area contributed by atoms with Crippen LogP contribution < -0.4 is 4.74 Å². The minimum atomic E-state index is -0.0765. The van der Waals surface area contributed by atoms with Gasteiger partial charge in [-0.2, -0.15) is 0 Å². The summed E-state index contributed by atoms with van der Waals surface area (Å²) in [7, 11) is 0. The number of furan rings is 1. The van der Waals surface area contributed by atoms with Gasteiger partial charge in [-0.3, -0.25) is 4.79 Å². The molecule has 1 aromatic heterocycles. The maximum atomic E-state index is 12.6. The van der Waals surface area contributed by atoms with Crippen molar-refractivity contribution in [2.24, 2.45) is 5.92 Å². The summed E-state index contributed by atoms with van der Waals surface area (Å²) >= 11 is 3.41. The molecule has 2 aromatic rings. The molecular weight excluding hydrogens is 370 g/mol. The normalized spacial score (nSPS) is 11.1. The van der Waals surface area contributed by atoms with Gasteiger partial charge in [0, 0.05) is 17.1 Å². The highest BCUT2D eigenvalue weighted by Gasteiger charge is 2.22. The van der Waals surface area contributed by atoms with Crippen LogP contribution in [0, 0.1) is 5.92 Å². The first-order valence-corrected chi connectivity index (χ1v) is 8.94. The number of carbonyl (C=O) groups is 1. The van der Waals surface area contributed by atoms with Gasteiger partial charge in [0.2, 0.25) is 0 Å². The Balaban J connectivity index is 2.02. The van der Waals surface area contributed by atoms with Crippen molar-refractivity contribution in [1.29, 1.82) is 0 Å². The Morgan fingerprint density at radius 1 is 1.21 bits per heavy atom. The summed E-state index contributed by atoms with van der Waals surface area (Å²) < 4.78 is 12.3. The number of benzene rings is 1. The van der Waals surface area contributed by atoms with Crippen molar-refractivity contribution in [3.8, 4) is 5.75 Å². The molecule has 2 rings (SSSR count). The van der Waals surface area contributed by atoms with Crippen molar-refractivity contribution in [3.63, 3.8) is 0 Å². The molecule has 0 bridgehead atoms. The van der Waals surface area contributed by atoms with Crippen LogP contribution in [0.4, 0.5) is 0 Å².